The summed E-state index contributed by atoms with van der Waals surface area (Å²) in [4.78, 5) is 14.5. The topological polar surface area (TPSA) is 66.5 Å². The fourth-order valence-corrected chi connectivity index (χ4v) is 9.61. The van der Waals surface area contributed by atoms with Gasteiger partial charge in [0.2, 0.25) is 5.91 Å². The van der Waals surface area contributed by atoms with Gasteiger partial charge in [-0.1, -0.05) is 18.2 Å². The van der Waals surface area contributed by atoms with Crippen molar-refractivity contribution in [1.82, 2.24) is 4.90 Å². The smallest absolute Gasteiger partial charge is 0.383 e. The average molecular weight is 629 g/mol. The van der Waals surface area contributed by atoms with Crippen molar-refractivity contribution in [2.24, 2.45) is 5.92 Å². The predicted octanol–water partition coefficient (Wildman–Crippen LogP) is 5.95. The summed E-state index contributed by atoms with van der Waals surface area (Å²) in [6.07, 6.45) is -11.8. The Bertz CT molecular complexity index is 1440. The number of carbonyl (C=O) groups excluding carboxylic acids is 1. The number of likely N-dealkylation sites (tertiary alicyclic amines) is 1. The Kier molecular flexibility index (Phi) is 7.32. The number of nitrogens with zero attached hydrogens (tertiary/aromatic N) is 1. The highest BCUT2D eigenvalue weighted by Crippen LogP contribution is 2.57. The van der Waals surface area contributed by atoms with Crippen LogP contribution in [0.25, 0.3) is 0 Å². The summed E-state index contributed by atoms with van der Waals surface area (Å²) < 4.78 is 136. The molecule has 0 spiro atoms. The summed E-state index contributed by atoms with van der Waals surface area (Å²) in [5, 5.41) is 2.66. The zero-order chi connectivity index (χ0) is 30.0. The van der Waals surface area contributed by atoms with Crippen LogP contribution in [0, 0.1) is 11.7 Å². The minimum atomic E-state index is -6.36. The number of thioether (sulfide) groups is 1. The third kappa shape index (κ3) is 4.48. The largest absolute Gasteiger partial charge is 0.435 e. The van der Waals surface area contributed by atoms with Crippen molar-refractivity contribution in [3.8, 4) is 0 Å². The SMILES string of the molecule is O=C(C1CCSCC1)N1CCC2(S(=O)(=O)c3cccc(F)c3)c3ccc(C(F)(C(F)(F)F)C(F)(F)F)cc3NCC12. The second-order valence-electron chi connectivity index (χ2n) is 10.3. The van der Waals surface area contributed by atoms with Gasteiger partial charge in [0.05, 0.1) is 10.9 Å². The van der Waals surface area contributed by atoms with E-state index in [1.165, 1.54) is 4.90 Å². The van der Waals surface area contributed by atoms with Gasteiger partial charge in [-0.15, -0.1) is 0 Å². The number of fused-ring (bicyclic) bond motifs is 3. The van der Waals surface area contributed by atoms with Crippen LogP contribution < -0.4 is 5.32 Å². The summed E-state index contributed by atoms with van der Waals surface area (Å²) in [6, 6.07) is 4.27. The van der Waals surface area contributed by atoms with Crippen LogP contribution >= 0.6 is 11.8 Å². The third-order valence-corrected chi connectivity index (χ3v) is 11.8. The molecule has 3 heterocycles. The molecular formula is C26H24F8N2O3S2. The number of hydrogen-bond acceptors (Lipinski definition) is 5. The van der Waals surface area contributed by atoms with Crippen molar-refractivity contribution in [2.45, 2.75) is 53.0 Å². The van der Waals surface area contributed by atoms with E-state index in [1.807, 2.05) is 0 Å². The van der Waals surface area contributed by atoms with Gasteiger partial charge in [-0.2, -0.15) is 38.1 Å². The number of halogens is 8. The third-order valence-electron chi connectivity index (χ3n) is 8.22. The number of hydrogen-bond donors (Lipinski definition) is 1. The molecule has 5 rings (SSSR count). The van der Waals surface area contributed by atoms with E-state index < -0.39 is 60.6 Å². The monoisotopic (exact) mass is 628 g/mol. The van der Waals surface area contributed by atoms with Gasteiger partial charge in [0.15, 0.2) is 9.84 Å². The first kappa shape index (κ1) is 29.9. The number of benzene rings is 2. The van der Waals surface area contributed by atoms with Crippen LogP contribution in [0.15, 0.2) is 47.4 Å². The molecule has 3 aliphatic rings. The minimum Gasteiger partial charge on any atom is -0.383 e. The molecule has 0 radical (unpaired) electrons. The van der Waals surface area contributed by atoms with Crippen LogP contribution in [0.3, 0.4) is 0 Å². The van der Waals surface area contributed by atoms with E-state index >= 15 is 0 Å². The van der Waals surface area contributed by atoms with Crippen molar-refractivity contribution in [3.63, 3.8) is 0 Å². The highest BCUT2D eigenvalue weighted by Gasteiger charge is 2.74. The van der Waals surface area contributed by atoms with E-state index in [0.29, 0.717) is 18.9 Å². The van der Waals surface area contributed by atoms with Gasteiger partial charge in [-0.25, -0.2) is 17.2 Å². The Morgan fingerprint density at radius 3 is 2.24 bits per heavy atom. The number of amides is 1. The molecule has 15 heteroatoms. The lowest BCUT2D eigenvalue weighted by Gasteiger charge is -2.44. The average Bonchev–Trinajstić information content (AvgIpc) is 3.33. The Labute approximate surface area is 234 Å². The van der Waals surface area contributed by atoms with Crippen molar-refractivity contribution in [3.05, 3.63) is 59.4 Å². The number of anilines is 1. The fourth-order valence-electron chi connectivity index (χ4n) is 6.16. The quantitative estimate of drug-likeness (QED) is 0.424. The van der Waals surface area contributed by atoms with E-state index in [-0.39, 0.29) is 43.0 Å². The molecule has 0 bridgehead atoms. The molecular weight excluding hydrogens is 604 g/mol. The number of rotatable bonds is 4. The van der Waals surface area contributed by atoms with E-state index in [2.05, 4.69) is 5.32 Å². The molecule has 2 unspecified atom stereocenters. The Morgan fingerprint density at radius 2 is 1.63 bits per heavy atom. The first-order valence-electron chi connectivity index (χ1n) is 12.7. The lowest BCUT2D eigenvalue weighted by Crippen LogP contribution is -2.56. The summed E-state index contributed by atoms with van der Waals surface area (Å²) in [7, 11) is -4.61. The minimum absolute atomic E-state index is 0.0668. The molecule has 2 aromatic rings. The van der Waals surface area contributed by atoms with Crippen molar-refractivity contribution >= 4 is 33.2 Å². The molecule has 224 valence electrons. The second-order valence-corrected chi connectivity index (χ2v) is 13.8. The lowest BCUT2D eigenvalue weighted by molar-refractivity contribution is -0.348. The normalized spacial score (nSPS) is 24.0. The van der Waals surface area contributed by atoms with Crippen molar-refractivity contribution in [2.75, 3.05) is 29.9 Å². The first-order chi connectivity index (χ1) is 19.1. The molecule has 2 atom stereocenters. The maximum absolute atomic E-state index is 14.9. The van der Waals surface area contributed by atoms with Crippen LogP contribution in [0.2, 0.25) is 0 Å². The molecule has 1 N–H and O–H groups in total. The Hall–Kier alpha value is -2.55. The standard InChI is InChI=1S/C26H24F8N2O3S2/c27-17-2-1-3-18(13-17)41(38,39)23-8-9-36(22(37)15-6-10-40-11-7-15)21(23)14-35-20-12-16(4-5-19(20)23)24(28,25(29,30)31)26(32,33)34/h1-5,12-13,15,21,35H,6-11,14H2. The molecule has 5 nitrogen and oxygen atoms in total. The molecule has 2 fully saturated rings. The van der Waals surface area contributed by atoms with Gasteiger partial charge in [0.1, 0.15) is 10.6 Å². The lowest BCUT2D eigenvalue weighted by atomic mass is 9.83. The van der Waals surface area contributed by atoms with Gasteiger partial charge in [-0.05, 0) is 60.6 Å². The van der Waals surface area contributed by atoms with Gasteiger partial charge in [-0.3, -0.25) is 4.79 Å². The zero-order valence-electron chi connectivity index (χ0n) is 21.2. The molecule has 2 saturated heterocycles. The number of alkyl halides is 7. The van der Waals surface area contributed by atoms with E-state index in [1.54, 1.807) is 11.8 Å². The van der Waals surface area contributed by atoms with E-state index in [0.717, 1.165) is 41.8 Å². The van der Waals surface area contributed by atoms with Gasteiger partial charge < -0.3 is 10.2 Å². The van der Waals surface area contributed by atoms with Crippen LogP contribution in [-0.4, -0.2) is 62.2 Å². The molecule has 2 aromatic carbocycles. The molecule has 3 aliphatic heterocycles. The Morgan fingerprint density at radius 1 is 0.976 bits per heavy atom. The molecule has 0 aromatic heterocycles. The summed E-state index contributed by atoms with van der Waals surface area (Å²) in [5.41, 5.74) is -8.16. The molecule has 41 heavy (non-hydrogen) atoms. The van der Waals surface area contributed by atoms with Crippen molar-refractivity contribution in [1.29, 1.82) is 0 Å². The summed E-state index contributed by atoms with van der Waals surface area (Å²) in [6.45, 7) is -0.418. The van der Waals surface area contributed by atoms with Crippen LogP contribution in [0.5, 0.6) is 0 Å². The van der Waals surface area contributed by atoms with Crippen LogP contribution in [-0.2, 0) is 25.0 Å². The van der Waals surface area contributed by atoms with Crippen LogP contribution in [0.4, 0.5) is 40.8 Å². The summed E-state index contributed by atoms with van der Waals surface area (Å²) in [5.74, 6) is -0.0976. The summed E-state index contributed by atoms with van der Waals surface area (Å²) >= 11 is 1.68. The molecule has 0 aliphatic carbocycles. The van der Waals surface area contributed by atoms with Gasteiger partial charge in [0.25, 0.3) is 0 Å². The molecule has 0 saturated carbocycles. The number of carbonyl (C=O) groups is 1. The van der Waals surface area contributed by atoms with Crippen LogP contribution in [0.1, 0.15) is 30.4 Å². The van der Waals surface area contributed by atoms with Crippen molar-refractivity contribution < 1.29 is 48.3 Å². The van der Waals surface area contributed by atoms with E-state index in [9.17, 15) is 48.3 Å². The predicted molar refractivity (Wildman–Crippen MR) is 135 cm³/mol. The van der Waals surface area contributed by atoms with Gasteiger partial charge >= 0.3 is 18.0 Å². The Balaban J connectivity index is 1.68. The van der Waals surface area contributed by atoms with Gasteiger partial charge in [0, 0.05) is 30.3 Å². The maximum atomic E-state index is 14.9. The highest BCUT2D eigenvalue weighted by atomic mass is 32.2. The highest BCUT2D eigenvalue weighted by molar-refractivity contribution is 7.99. The molecule has 1 amide bonds. The second kappa shape index (κ2) is 10.0. The van der Waals surface area contributed by atoms with E-state index in [4.69, 9.17) is 0 Å². The zero-order valence-corrected chi connectivity index (χ0v) is 22.8. The number of nitrogens with one attached hydrogen (secondary N) is 1. The maximum Gasteiger partial charge on any atom is 0.435 e. The fraction of sp³-hybridized carbons (Fsp3) is 0.500. The first-order valence-corrected chi connectivity index (χ1v) is 15.3. The number of sulfone groups is 1.